The fourth-order valence-electron chi connectivity index (χ4n) is 4.51. The molecule has 0 radical (unpaired) electrons. The molecule has 0 unspecified atom stereocenters. The Morgan fingerprint density at radius 2 is 1.59 bits per heavy atom. The van der Waals surface area contributed by atoms with Crippen molar-refractivity contribution in [2.75, 3.05) is 58.9 Å². The molecule has 0 amide bonds. The maximum atomic E-state index is 13.8. The minimum atomic E-state index is -0.106. The lowest BCUT2D eigenvalue weighted by molar-refractivity contribution is -0.999. The SMILES string of the molecule is CSc1ccc([C@@H]([C@@H](C(=O)c2cccs2)[NH+]2CCOCC2)[NH+]2CCOCC2)cc1. The zero-order valence-corrected chi connectivity index (χ0v) is 18.5. The number of ether oxygens (including phenoxy) is 2. The number of benzene rings is 1. The van der Waals surface area contributed by atoms with E-state index in [2.05, 4.69) is 30.5 Å². The topological polar surface area (TPSA) is 44.4 Å². The lowest BCUT2D eigenvalue weighted by Crippen LogP contribution is -3.25. The van der Waals surface area contributed by atoms with Crippen molar-refractivity contribution in [2.24, 2.45) is 0 Å². The first-order valence-corrected chi connectivity index (χ1v) is 12.4. The Morgan fingerprint density at radius 1 is 0.966 bits per heavy atom. The van der Waals surface area contributed by atoms with E-state index in [4.69, 9.17) is 9.47 Å². The molecule has 156 valence electrons. The Bertz CT molecular complexity index is 770. The predicted octanol–water partition coefficient (Wildman–Crippen LogP) is 0.593. The van der Waals surface area contributed by atoms with E-state index < -0.39 is 0 Å². The molecule has 2 saturated heterocycles. The van der Waals surface area contributed by atoms with Gasteiger partial charge >= 0.3 is 0 Å². The molecular formula is C22H30N2O3S2+2. The zero-order chi connectivity index (χ0) is 20.1. The van der Waals surface area contributed by atoms with Crippen LogP contribution in [-0.2, 0) is 9.47 Å². The minimum absolute atomic E-state index is 0.106. The molecule has 2 aliphatic heterocycles. The highest BCUT2D eigenvalue weighted by Crippen LogP contribution is 2.22. The quantitative estimate of drug-likeness (QED) is 0.495. The van der Waals surface area contributed by atoms with Crippen LogP contribution in [0.5, 0.6) is 0 Å². The van der Waals surface area contributed by atoms with Crippen LogP contribution in [0, 0.1) is 0 Å². The monoisotopic (exact) mass is 434 g/mol. The average molecular weight is 435 g/mol. The highest BCUT2D eigenvalue weighted by Gasteiger charge is 2.46. The van der Waals surface area contributed by atoms with Gasteiger partial charge in [-0.3, -0.25) is 4.79 Å². The number of Topliss-reactive ketones (excluding diaryl/α,β-unsaturated/α-hetero) is 1. The second-order valence-corrected chi connectivity index (χ2v) is 9.44. The Labute approximate surface area is 181 Å². The van der Waals surface area contributed by atoms with Crippen molar-refractivity contribution < 1.29 is 24.1 Å². The highest BCUT2D eigenvalue weighted by molar-refractivity contribution is 7.98. The highest BCUT2D eigenvalue weighted by atomic mass is 32.2. The van der Waals surface area contributed by atoms with Crippen molar-refractivity contribution in [3.05, 3.63) is 52.2 Å². The van der Waals surface area contributed by atoms with Crippen molar-refractivity contribution in [3.63, 3.8) is 0 Å². The van der Waals surface area contributed by atoms with Crippen LogP contribution in [0.4, 0.5) is 0 Å². The van der Waals surface area contributed by atoms with Crippen molar-refractivity contribution >= 4 is 28.9 Å². The van der Waals surface area contributed by atoms with Gasteiger partial charge in [0.2, 0.25) is 11.8 Å². The third kappa shape index (κ3) is 4.93. The fraction of sp³-hybridized carbons (Fsp3) is 0.500. The molecule has 1 aromatic heterocycles. The second kappa shape index (κ2) is 10.2. The minimum Gasteiger partial charge on any atom is -0.370 e. The number of ketones is 1. The van der Waals surface area contributed by atoms with E-state index in [-0.39, 0.29) is 17.9 Å². The van der Waals surface area contributed by atoms with Gasteiger partial charge < -0.3 is 19.3 Å². The second-order valence-electron chi connectivity index (χ2n) is 7.61. The number of carbonyl (C=O) groups is 1. The van der Waals surface area contributed by atoms with Gasteiger partial charge in [-0.2, -0.15) is 0 Å². The predicted molar refractivity (Wildman–Crippen MR) is 116 cm³/mol. The van der Waals surface area contributed by atoms with Gasteiger partial charge in [0.1, 0.15) is 26.2 Å². The van der Waals surface area contributed by atoms with Gasteiger partial charge in [0.05, 0.1) is 31.3 Å². The number of rotatable bonds is 7. The lowest BCUT2D eigenvalue weighted by atomic mass is 9.91. The van der Waals surface area contributed by atoms with E-state index in [1.54, 1.807) is 23.1 Å². The number of carbonyl (C=O) groups excluding carboxylic acids is 1. The van der Waals surface area contributed by atoms with E-state index in [1.807, 2.05) is 17.5 Å². The molecule has 0 spiro atoms. The molecule has 3 heterocycles. The molecule has 2 fully saturated rings. The Balaban J connectivity index is 1.74. The summed E-state index contributed by atoms with van der Waals surface area (Å²) in [4.78, 5) is 18.7. The smallest absolute Gasteiger partial charge is 0.236 e. The van der Waals surface area contributed by atoms with Crippen LogP contribution in [0.15, 0.2) is 46.7 Å². The summed E-state index contributed by atoms with van der Waals surface area (Å²) in [6.07, 6.45) is 2.10. The van der Waals surface area contributed by atoms with Crippen LogP contribution in [-0.4, -0.2) is 70.7 Å². The van der Waals surface area contributed by atoms with E-state index >= 15 is 0 Å². The molecule has 5 nitrogen and oxygen atoms in total. The van der Waals surface area contributed by atoms with Crippen LogP contribution in [0.2, 0.25) is 0 Å². The Kier molecular flexibility index (Phi) is 7.39. The van der Waals surface area contributed by atoms with Crippen LogP contribution < -0.4 is 9.80 Å². The summed E-state index contributed by atoms with van der Waals surface area (Å²) in [6.45, 7) is 6.59. The number of morpholine rings is 2. The normalized spacial score (nSPS) is 21.0. The molecule has 4 rings (SSSR count). The van der Waals surface area contributed by atoms with Gasteiger partial charge in [-0.1, -0.05) is 18.2 Å². The number of hydrogen-bond acceptors (Lipinski definition) is 5. The molecule has 2 aromatic rings. The molecule has 2 aliphatic rings. The summed E-state index contributed by atoms with van der Waals surface area (Å²) in [5.41, 5.74) is 1.26. The molecule has 0 bridgehead atoms. The zero-order valence-electron chi connectivity index (χ0n) is 16.9. The van der Waals surface area contributed by atoms with Crippen LogP contribution in [0.1, 0.15) is 21.3 Å². The number of quaternary nitrogens is 2. The van der Waals surface area contributed by atoms with Gasteiger partial charge in [0, 0.05) is 10.5 Å². The third-order valence-electron chi connectivity index (χ3n) is 6.00. The summed E-state index contributed by atoms with van der Waals surface area (Å²) < 4.78 is 11.3. The molecular weight excluding hydrogens is 404 g/mol. The van der Waals surface area contributed by atoms with Crippen LogP contribution in [0.25, 0.3) is 0 Å². The average Bonchev–Trinajstić information content (AvgIpc) is 3.33. The summed E-state index contributed by atoms with van der Waals surface area (Å²) in [5.74, 6) is 0.273. The van der Waals surface area contributed by atoms with Gasteiger partial charge in [-0.25, -0.2) is 0 Å². The number of thioether (sulfide) groups is 1. The van der Waals surface area contributed by atoms with Crippen molar-refractivity contribution in [2.45, 2.75) is 17.0 Å². The molecule has 7 heteroatoms. The molecule has 0 saturated carbocycles. The van der Waals surface area contributed by atoms with Gasteiger partial charge in [-0.05, 0) is 29.8 Å². The van der Waals surface area contributed by atoms with E-state index in [9.17, 15) is 4.79 Å². The van der Waals surface area contributed by atoms with Gasteiger partial charge in [0.25, 0.3) is 0 Å². The Hall–Kier alpha value is -1.22. The van der Waals surface area contributed by atoms with E-state index in [0.29, 0.717) is 0 Å². The van der Waals surface area contributed by atoms with Gasteiger partial charge in [0.15, 0.2) is 6.04 Å². The number of hydrogen-bond donors (Lipinski definition) is 2. The summed E-state index contributed by atoms with van der Waals surface area (Å²) in [7, 11) is 0. The first kappa shape index (κ1) is 21.0. The first-order chi connectivity index (χ1) is 14.3. The molecule has 2 N–H and O–H groups in total. The maximum Gasteiger partial charge on any atom is 0.236 e. The van der Waals surface area contributed by atoms with Crippen LogP contribution in [0.3, 0.4) is 0 Å². The summed E-state index contributed by atoms with van der Waals surface area (Å²) in [5, 5.41) is 2.00. The largest absolute Gasteiger partial charge is 0.370 e. The number of thiophene rings is 1. The van der Waals surface area contributed by atoms with E-state index in [0.717, 1.165) is 57.5 Å². The van der Waals surface area contributed by atoms with Crippen molar-refractivity contribution in [1.29, 1.82) is 0 Å². The van der Waals surface area contributed by atoms with E-state index in [1.165, 1.54) is 20.3 Å². The summed E-state index contributed by atoms with van der Waals surface area (Å²) >= 11 is 3.31. The van der Waals surface area contributed by atoms with Crippen molar-refractivity contribution in [3.8, 4) is 0 Å². The molecule has 29 heavy (non-hydrogen) atoms. The maximum absolute atomic E-state index is 13.8. The van der Waals surface area contributed by atoms with Crippen molar-refractivity contribution in [1.82, 2.24) is 0 Å². The lowest BCUT2D eigenvalue weighted by Gasteiger charge is -2.39. The third-order valence-corrected chi connectivity index (χ3v) is 7.63. The van der Waals surface area contributed by atoms with Crippen LogP contribution >= 0.6 is 23.1 Å². The standard InChI is InChI=1S/C22H28N2O3S2/c1-28-18-6-4-17(5-7-18)20(23-8-12-26-13-9-23)21(24-10-14-27-15-11-24)22(25)19-3-2-16-29-19/h2-7,16,20-21H,8-15H2,1H3/p+2/t20-,21-/m0/s1. The molecule has 1 aromatic carbocycles. The summed E-state index contributed by atoms with van der Waals surface area (Å²) in [6, 6.07) is 12.8. The fourth-order valence-corrected chi connectivity index (χ4v) is 5.62. The van der Waals surface area contributed by atoms with Gasteiger partial charge in [-0.15, -0.1) is 23.1 Å². The molecule has 2 atom stereocenters. The molecule has 0 aliphatic carbocycles. The number of nitrogens with one attached hydrogen (secondary N) is 2. The first-order valence-electron chi connectivity index (χ1n) is 10.3. The Morgan fingerprint density at radius 3 is 2.14 bits per heavy atom.